The van der Waals surface area contributed by atoms with Crippen molar-refractivity contribution in [1.82, 2.24) is 4.90 Å². The fraction of sp³-hybridized carbons (Fsp3) is 0.533. The SMILES string of the molecule is C[C@H](SCc1ccccc1)[C@@H]1CCCN(C)C1=O. The van der Waals surface area contributed by atoms with E-state index in [0.717, 1.165) is 25.1 Å². The maximum absolute atomic E-state index is 12.1. The lowest BCUT2D eigenvalue weighted by atomic mass is 9.95. The first-order valence-corrected chi connectivity index (χ1v) is 7.64. The molecule has 2 atom stereocenters. The minimum Gasteiger partial charge on any atom is -0.345 e. The number of amides is 1. The zero-order chi connectivity index (χ0) is 13.0. The fourth-order valence-corrected chi connectivity index (χ4v) is 3.55. The number of hydrogen-bond acceptors (Lipinski definition) is 2. The summed E-state index contributed by atoms with van der Waals surface area (Å²) in [5, 5.41) is 0.403. The van der Waals surface area contributed by atoms with Crippen molar-refractivity contribution in [3.63, 3.8) is 0 Å². The van der Waals surface area contributed by atoms with Crippen LogP contribution in [0.4, 0.5) is 0 Å². The maximum Gasteiger partial charge on any atom is 0.226 e. The molecule has 1 amide bonds. The summed E-state index contributed by atoms with van der Waals surface area (Å²) in [4.78, 5) is 14.0. The number of piperidine rings is 1. The Kier molecular flexibility index (Phi) is 4.70. The molecule has 18 heavy (non-hydrogen) atoms. The van der Waals surface area contributed by atoms with Crippen LogP contribution in [0.15, 0.2) is 30.3 Å². The Hall–Kier alpha value is -0.960. The molecule has 0 spiro atoms. The molecule has 0 unspecified atom stereocenters. The Balaban J connectivity index is 1.88. The largest absolute Gasteiger partial charge is 0.345 e. The van der Waals surface area contributed by atoms with E-state index in [-0.39, 0.29) is 5.92 Å². The molecule has 0 aromatic heterocycles. The Morgan fingerprint density at radius 1 is 1.39 bits per heavy atom. The molecule has 1 aromatic rings. The molecule has 1 aliphatic rings. The number of benzene rings is 1. The highest BCUT2D eigenvalue weighted by Crippen LogP contribution is 2.30. The Labute approximate surface area is 114 Å². The lowest BCUT2D eigenvalue weighted by Crippen LogP contribution is -2.41. The van der Waals surface area contributed by atoms with E-state index >= 15 is 0 Å². The van der Waals surface area contributed by atoms with E-state index in [0.29, 0.717) is 11.2 Å². The van der Waals surface area contributed by atoms with E-state index in [1.54, 1.807) is 0 Å². The molecule has 1 saturated heterocycles. The molecule has 3 heteroatoms. The first kappa shape index (κ1) is 13.5. The minimum absolute atomic E-state index is 0.206. The van der Waals surface area contributed by atoms with Crippen LogP contribution in [0.3, 0.4) is 0 Å². The van der Waals surface area contributed by atoms with Crippen molar-refractivity contribution < 1.29 is 4.79 Å². The number of thioether (sulfide) groups is 1. The van der Waals surface area contributed by atoms with Gasteiger partial charge in [-0.15, -0.1) is 0 Å². The number of likely N-dealkylation sites (tertiary alicyclic amines) is 1. The molecule has 0 N–H and O–H groups in total. The van der Waals surface area contributed by atoms with Crippen LogP contribution >= 0.6 is 11.8 Å². The van der Waals surface area contributed by atoms with Crippen LogP contribution in [0.25, 0.3) is 0 Å². The first-order valence-electron chi connectivity index (χ1n) is 6.59. The van der Waals surface area contributed by atoms with E-state index in [9.17, 15) is 4.79 Å². The van der Waals surface area contributed by atoms with Crippen molar-refractivity contribution in [2.45, 2.75) is 30.8 Å². The van der Waals surface area contributed by atoms with Gasteiger partial charge in [0, 0.05) is 30.5 Å². The van der Waals surface area contributed by atoms with Crippen molar-refractivity contribution >= 4 is 17.7 Å². The van der Waals surface area contributed by atoms with E-state index in [2.05, 4.69) is 31.2 Å². The van der Waals surface area contributed by atoms with E-state index in [4.69, 9.17) is 0 Å². The van der Waals surface area contributed by atoms with Crippen LogP contribution in [-0.2, 0) is 10.5 Å². The Morgan fingerprint density at radius 2 is 2.11 bits per heavy atom. The van der Waals surface area contributed by atoms with Gasteiger partial charge in [-0.05, 0) is 18.4 Å². The smallest absolute Gasteiger partial charge is 0.226 e. The van der Waals surface area contributed by atoms with Crippen LogP contribution in [0.2, 0.25) is 0 Å². The predicted octanol–water partition coefficient (Wildman–Crippen LogP) is 3.18. The summed E-state index contributed by atoms with van der Waals surface area (Å²) in [6, 6.07) is 10.5. The van der Waals surface area contributed by atoms with Gasteiger partial charge in [-0.25, -0.2) is 0 Å². The molecule has 1 aliphatic heterocycles. The van der Waals surface area contributed by atoms with Gasteiger partial charge in [0.25, 0.3) is 0 Å². The molecule has 0 saturated carbocycles. The number of nitrogens with zero attached hydrogens (tertiary/aromatic N) is 1. The van der Waals surface area contributed by atoms with Gasteiger partial charge in [-0.2, -0.15) is 11.8 Å². The standard InChI is InChI=1S/C15H21NOS/c1-12(14-9-6-10-16(2)15(14)17)18-11-13-7-4-3-5-8-13/h3-5,7-8,12,14H,6,9-11H2,1-2H3/t12-,14-/m0/s1. The molecule has 2 rings (SSSR count). The third-order valence-electron chi connectivity index (χ3n) is 3.62. The summed E-state index contributed by atoms with van der Waals surface area (Å²) < 4.78 is 0. The second-order valence-electron chi connectivity index (χ2n) is 5.01. The third kappa shape index (κ3) is 3.29. The van der Waals surface area contributed by atoms with Gasteiger partial charge in [0.15, 0.2) is 0 Å². The Morgan fingerprint density at radius 3 is 2.83 bits per heavy atom. The molecule has 0 radical (unpaired) electrons. The van der Waals surface area contributed by atoms with Gasteiger partial charge in [0.1, 0.15) is 0 Å². The van der Waals surface area contributed by atoms with Gasteiger partial charge in [-0.1, -0.05) is 37.3 Å². The zero-order valence-electron chi connectivity index (χ0n) is 11.1. The van der Waals surface area contributed by atoms with Crippen LogP contribution in [0, 0.1) is 5.92 Å². The highest BCUT2D eigenvalue weighted by Gasteiger charge is 2.30. The average Bonchev–Trinajstić information content (AvgIpc) is 2.40. The second-order valence-corrected chi connectivity index (χ2v) is 6.38. The zero-order valence-corrected chi connectivity index (χ0v) is 12.0. The molecular weight excluding hydrogens is 242 g/mol. The molecule has 2 nitrogen and oxygen atoms in total. The summed E-state index contributed by atoms with van der Waals surface area (Å²) in [6.45, 7) is 3.11. The summed E-state index contributed by atoms with van der Waals surface area (Å²) in [6.07, 6.45) is 2.19. The number of carbonyl (C=O) groups is 1. The third-order valence-corrected chi connectivity index (χ3v) is 4.98. The van der Waals surface area contributed by atoms with Crippen molar-refractivity contribution in [3.05, 3.63) is 35.9 Å². The van der Waals surface area contributed by atoms with Crippen molar-refractivity contribution in [1.29, 1.82) is 0 Å². The lowest BCUT2D eigenvalue weighted by Gasteiger charge is -2.32. The second kappa shape index (κ2) is 6.28. The van der Waals surface area contributed by atoms with E-state index in [1.165, 1.54) is 5.56 Å². The van der Waals surface area contributed by atoms with Gasteiger partial charge in [0.2, 0.25) is 5.91 Å². The molecule has 1 fully saturated rings. The Bertz CT molecular complexity index is 393. The molecule has 0 bridgehead atoms. The maximum atomic E-state index is 12.1. The highest BCUT2D eigenvalue weighted by molar-refractivity contribution is 7.99. The molecular formula is C15H21NOS. The predicted molar refractivity (Wildman–Crippen MR) is 77.6 cm³/mol. The first-order chi connectivity index (χ1) is 8.68. The van der Waals surface area contributed by atoms with Crippen molar-refractivity contribution in [3.8, 4) is 0 Å². The van der Waals surface area contributed by atoms with Crippen molar-refractivity contribution in [2.24, 2.45) is 5.92 Å². The molecule has 1 heterocycles. The van der Waals surface area contributed by atoms with Crippen LogP contribution in [-0.4, -0.2) is 29.6 Å². The highest BCUT2D eigenvalue weighted by atomic mass is 32.2. The van der Waals surface area contributed by atoms with E-state index in [1.807, 2.05) is 29.8 Å². The lowest BCUT2D eigenvalue weighted by molar-refractivity contribution is -0.136. The van der Waals surface area contributed by atoms with Crippen LogP contribution in [0.5, 0.6) is 0 Å². The topological polar surface area (TPSA) is 20.3 Å². The molecule has 98 valence electrons. The summed E-state index contributed by atoms with van der Waals surface area (Å²) in [7, 11) is 1.92. The summed E-state index contributed by atoms with van der Waals surface area (Å²) >= 11 is 1.89. The van der Waals surface area contributed by atoms with Crippen LogP contribution < -0.4 is 0 Å². The summed E-state index contributed by atoms with van der Waals surface area (Å²) in [5.74, 6) is 1.53. The van der Waals surface area contributed by atoms with E-state index < -0.39 is 0 Å². The minimum atomic E-state index is 0.206. The van der Waals surface area contributed by atoms with Gasteiger partial charge >= 0.3 is 0 Å². The summed E-state index contributed by atoms with van der Waals surface area (Å²) in [5.41, 5.74) is 1.34. The molecule has 1 aromatic carbocycles. The normalized spacial score (nSPS) is 22.0. The number of hydrogen-bond donors (Lipinski definition) is 0. The average molecular weight is 263 g/mol. The van der Waals surface area contributed by atoms with Crippen molar-refractivity contribution in [2.75, 3.05) is 13.6 Å². The number of rotatable bonds is 4. The fourth-order valence-electron chi connectivity index (χ4n) is 2.42. The molecule has 0 aliphatic carbocycles. The monoisotopic (exact) mass is 263 g/mol. The quantitative estimate of drug-likeness (QED) is 0.831. The van der Waals surface area contributed by atoms with Crippen LogP contribution in [0.1, 0.15) is 25.3 Å². The van der Waals surface area contributed by atoms with Gasteiger partial charge in [-0.3, -0.25) is 4.79 Å². The van der Waals surface area contributed by atoms with Gasteiger partial charge in [0.05, 0.1) is 0 Å². The van der Waals surface area contributed by atoms with Gasteiger partial charge < -0.3 is 4.90 Å². The number of carbonyl (C=O) groups excluding carboxylic acids is 1.